The van der Waals surface area contributed by atoms with Gasteiger partial charge in [0.2, 0.25) is 11.6 Å². The summed E-state index contributed by atoms with van der Waals surface area (Å²) in [6.07, 6.45) is 1.48. The Bertz CT molecular complexity index is 771. The van der Waals surface area contributed by atoms with Crippen molar-refractivity contribution in [2.75, 3.05) is 6.61 Å². The molecule has 102 valence electrons. The zero-order chi connectivity index (χ0) is 14.1. The van der Waals surface area contributed by atoms with Gasteiger partial charge in [0.15, 0.2) is 0 Å². The minimum Gasteiger partial charge on any atom is -0.476 e. The smallest absolute Gasteiger partial charge is 0.362 e. The van der Waals surface area contributed by atoms with Crippen LogP contribution in [0.1, 0.15) is 17.4 Å². The number of carboxylic acid groups (broad SMARTS) is 1. The average Bonchev–Trinajstić information content (AvgIpc) is 3.02. The van der Waals surface area contributed by atoms with Crippen LogP contribution >= 0.6 is 0 Å². The average molecular weight is 273 g/mol. The molecule has 2 aromatic heterocycles. The Kier molecular flexibility index (Phi) is 2.90. The zero-order valence-electron chi connectivity index (χ0n) is 10.6. The molecule has 0 aliphatic rings. The van der Waals surface area contributed by atoms with Gasteiger partial charge in [-0.05, 0) is 13.0 Å². The van der Waals surface area contributed by atoms with Crippen LogP contribution in [0.5, 0.6) is 5.95 Å². The fraction of sp³-hybridized carbons (Fsp3) is 0.143. The fourth-order valence-electron chi connectivity index (χ4n) is 1.93. The van der Waals surface area contributed by atoms with Gasteiger partial charge in [-0.25, -0.2) is 4.79 Å². The van der Waals surface area contributed by atoms with Crippen molar-refractivity contribution < 1.29 is 23.5 Å². The Hall–Kier alpha value is -2.76. The minimum absolute atomic E-state index is 0.0970. The minimum atomic E-state index is -1.20. The van der Waals surface area contributed by atoms with Crippen LogP contribution in [0, 0.1) is 0 Å². The molecule has 0 amide bonds. The molecule has 0 aliphatic carbocycles. The summed E-state index contributed by atoms with van der Waals surface area (Å²) in [4.78, 5) is 15.1. The molecular formula is C14H11NO5. The van der Waals surface area contributed by atoms with Crippen molar-refractivity contribution in [2.24, 2.45) is 0 Å². The van der Waals surface area contributed by atoms with Crippen molar-refractivity contribution in [3.05, 3.63) is 36.2 Å². The normalized spacial score (nSPS) is 10.8. The van der Waals surface area contributed by atoms with Gasteiger partial charge in [-0.3, -0.25) is 0 Å². The summed E-state index contributed by atoms with van der Waals surface area (Å²) >= 11 is 0. The number of para-hydroxylation sites is 1. The van der Waals surface area contributed by atoms with Crippen LogP contribution in [-0.2, 0) is 0 Å². The summed E-state index contributed by atoms with van der Waals surface area (Å²) in [6, 6.07) is 7.35. The van der Waals surface area contributed by atoms with Crippen molar-refractivity contribution in [3.63, 3.8) is 0 Å². The molecule has 0 saturated heterocycles. The molecule has 0 aliphatic heterocycles. The first-order chi connectivity index (χ1) is 9.70. The molecule has 2 heterocycles. The molecule has 1 N–H and O–H groups in total. The molecule has 0 bridgehead atoms. The van der Waals surface area contributed by atoms with Crippen LogP contribution in [0.2, 0.25) is 0 Å². The van der Waals surface area contributed by atoms with Crippen LogP contribution < -0.4 is 4.74 Å². The maximum atomic E-state index is 11.1. The van der Waals surface area contributed by atoms with E-state index in [-0.39, 0.29) is 17.5 Å². The summed E-state index contributed by atoms with van der Waals surface area (Å²) in [5.74, 6) is -1.13. The number of fused-ring (bicyclic) bond motifs is 1. The molecule has 20 heavy (non-hydrogen) atoms. The summed E-state index contributed by atoms with van der Waals surface area (Å²) in [6.45, 7) is 2.03. The first-order valence-electron chi connectivity index (χ1n) is 6.04. The molecule has 3 aromatic rings. The summed E-state index contributed by atoms with van der Waals surface area (Å²) < 4.78 is 15.9. The second-order valence-corrected chi connectivity index (χ2v) is 4.04. The molecule has 0 atom stereocenters. The fourth-order valence-corrected chi connectivity index (χ4v) is 1.93. The third kappa shape index (κ3) is 1.91. The molecule has 0 unspecified atom stereocenters. The summed E-state index contributed by atoms with van der Waals surface area (Å²) in [7, 11) is 0. The van der Waals surface area contributed by atoms with Crippen LogP contribution in [0.3, 0.4) is 0 Å². The van der Waals surface area contributed by atoms with Gasteiger partial charge in [0, 0.05) is 5.39 Å². The van der Waals surface area contributed by atoms with Gasteiger partial charge in [-0.15, -0.1) is 0 Å². The van der Waals surface area contributed by atoms with Crippen LogP contribution in [-0.4, -0.2) is 22.7 Å². The van der Waals surface area contributed by atoms with Gasteiger partial charge in [-0.2, -0.15) is 4.98 Å². The number of nitrogens with zero attached hydrogens (tertiary/aromatic N) is 1. The second-order valence-electron chi connectivity index (χ2n) is 4.04. The van der Waals surface area contributed by atoms with Gasteiger partial charge in [-0.1, -0.05) is 18.2 Å². The Morgan fingerprint density at radius 2 is 2.20 bits per heavy atom. The highest BCUT2D eigenvalue weighted by Crippen LogP contribution is 2.33. The first kappa shape index (κ1) is 12.3. The zero-order valence-corrected chi connectivity index (χ0v) is 10.6. The maximum absolute atomic E-state index is 11.1. The highest BCUT2D eigenvalue weighted by molar-refractivity contribution is 5.93. The predicted octanol–water partition coefficient (Wildman–Crippen LogP) is 3.18. The van der Waals surface area contributed by atoms with Gasteiger partial charge in [0.25, 0.3) is 0 Å². The molecular weight excluding hydrogens is 262 g/mol. The Morgan fingerprint density at radius 1 is 1.40 bits per heavy atom. The van der Waals surface area contributed by atoms with E-state index < -0.39 is 5.97 Å². The lowest BCUT2D eigenvalue weighted by molar-refractivity contribution is 0.0683. The Labute approximate surface area is 113 Å². The van der Waals surface area contributed by atoms with Gasteiger partial charge >= 0.3 is 11.9 Å². The maximum Gasteiger partial charge on any atom is 0.362 e. The highest BCUT2D eigenvalue weighted by atomic mass is 16.6. The van der Waals surface area contributed by atoms with Gasteiger partial charge in [0.1, 0.15) is 11.8 Å². The number of oxazole rings is 1. The van der Waals surface area contributed by atoms with Crippen molar-refractivity contribution in [3.8, 4) is 17.4 Å². The molecule has 6 nitrogen and oxygen atoms in total. The van der Waals surface area contributed by atoms with Crippen LogP contribution in [0.25, 0.3) is 22.4 Å². The van der Waals surface area contributed by atoms with E-state index in [0.29, 0.717) is 17.8 Å². The number of hydrogen-bond donors (Lipinski definition) is 1. The van der Waals surface area contributed by atoms with Crippen LogP contribution in [0.15, 0.2) is 39.4 Å². The summed E-state index contributed by atoms with van der Waals surface area (Å²) in [5, 5.41) is 9.89. The van der Waals surface area contributed by atoms with Crippen molar-refractivity contribution in [1.29, 1.82) is 0 Å². The molecule has 0 saturated carbocycles. The Balaban J connectivity index is 2.14. The number of carbonyl (C=O) groups is 1. The van der Waals surface area contributed by atoms with Crippen molar-refractivity contribution in [2.45, 2.75) is 6.92 Å². The first-order valence-corrected chi connectivity index (χ1v) is 6.04. The van der Waals surface area contributed by atoms with Crippen molar-refractivity contribution in [1.82, 2.24) is 4.98 Å². The largest absolute Gasteiger partial charge is 0.476 e. The lowest BCUT2D eigenvalue weighted by atomic mass is 10.2. The molecule has 0 spiro atoms. The number of carboxylic acids is 1. The van der Waals surface area contributed by atoms with E-state index >= 15 is 0 Å². The predicted molar refractivity (Wildman–Crippen MR) is 69.8 cm³/mol. The topological polar surface area (TPSA) is 85.7 Å². The van der Waals surface area contributed by atoms with E-state index in [0.717, 1.165) is 5.39 Å². The van der Waals surface area contributed by atoms with E-state index in [1.165, 1.54) is 6.26 Å². The standard InChI is InChI=1S/C14H11NO5/c1-2-18-14-11(13(16)17)15-12(20-14)9-7-19-10-6-4-3-5-8(9)10/h3-7H,2H2,1H3,(H,16,17). The molecule has 0 fully saturated rings. The second kappa shape index (κ2) is 4.73. The van der Waals surface area contributed by atoms with E-state index in [9.17, 15) is 4.79 Å². The summed E-state index contributed by atoms with van der Waals surface area (Å²) in [5.41, 5.74) is 1.02. The number of aromatic carboxylic acids is 1. The van der Waals surface area contributed by atoms with Gasteiger partial charge < -0.3 is 18.7 Å². The van der Waals surface area contributed by atoms with Crippen molar-refractivity contribution >= 4 is 16.9 Å². The van der Waals surface area contributed by atoms with E-state index in [4.69, 9.17) is 18.7 Å². The quantitative estimate of drug-likeness (QED) is 0.785. The van der Waals surface area contributed by atoms with Crippen LogP contribution in [0.4, 0.5) is 0 Å². The molecule has 0 radical (unpaired) electrons. The number of rotatable bonds is 4. The number of furan rings is 1. The Morgan fingerprint density at radius 3 is 2.95 bits per heavy atom. The number of benzene rings is 1. The van der Waals surface area contributed by atoms with Gasteiger partial charge in [0.05, 0.1) is 12.2 Å². The third-order valence-electron chi connectivity index (χ3n) is 2.79. The number of hydrogen-bond acceptors (Lipinski definition) is 5. The molecule has 1 aromatic carbocycles. The van der Waals surface area contributed by atoms with E-state index in [1.54, 1.807) is 6.92 Å². The lowest BCUT2D eigenvalue weighted by Gasteiger charge is -1.96. The molecule has 6 heteroatoms. The number of ether oxygens (including phenoxy) is 1. The van der Waals surface area contributed by atoms with E-state index in [2.05, 4.69) is 4.98 Å². The molecule has 3 rings (SSSR count). The number of aromatic nitrogens is 1. The highest BCUT2D eigenvalue weighted by Gasteiger charge is 2.23. The lowest BCUT2D eigenvalue weighted by Crippen LogP contribution is -2.01. The third-order valence-corrected chi connectivity index (χ3v) is 2.79. The SMILES string of the molecule is CCOc1oc(-c2coc3ccccc23)nc1C(=O)O. The monoisotopic (exact) mass is 273 g/mol. The van der Waals surface area contributed by atoms with E-state index in [1.807, 2.05) is 24.3 Å².